The van der Waals surface area contributed by atoms with Crippen molar-refractivity contribution in [2.75, 3.05) is 0 Å². The van der Waals surface area contributed by atoms with E-state index in [2.05, 4.69) is 10.1 Å². The minimum Gasteiger partial charge on any atom is -0.338 e. The molecular weight excluding hydrogens is 452 g/mol. The summed E-state index contributed by atoms with van der Waals surface area (Å²) in [7, 11) is 0. The number of thioether (sulfide) groups is 1. The average Bonchev–Trinajstić information content (AvgIpc) is 3.43. The van der Waals surface area contributed by atoms with Crippen molar-refractivity contribution >= 4 is 44.9 Å². The van der Waals surface area contributed by atoms with Gasteiger partial charge < -0.3 is 4.52 Å². The first-order chi connectivity index (χ1) is 15.1. The molecule has 6 nitrogen and oxygen atoms in total. The van der Waals surface area contributed by atoms with E-state index in [1.807, 2.05) is 54.8 Å². The fourth-order valence-electron chi connectivity index (χ4n) is 3.09. The molecule has 0 fully saturated rings. The van der Waals surface area contributed by atoms with E-state index in [0.717, 1.165) is 16.8 Å². The summed E-state index contributed by atoms with van der Waals surface area (Å²) < 4.78 is 7.67. The number of thiophene rings is 1. The standard InChI is InChI=1S/C22H15ClN4O2S2/c1-13-5-7-16(8-6-13)27-21(28)19-17(9-10-30-19)24-22(27)31-12-18-25-20(26-29-18)14-3-2-4-15(23)11-14/h2-11H,12H2,1H3. The Kier molecular flexibility index (Phi) is 5.35. The topological polar surface area (TPSA) is 73.8 Å². The van der Waals surface area contributed by atoms with Crippen LogP contribution in [0.15, 0.2) is 74.5 Å². The zero-order chi connectivity index (χ0) is 21.4. The lowest BCUT2D eigenvalue weighted by Gasteiger charge is -2.11. The molecule has 0 spiro atoms. The monoisotopic (exact) mass is 466 g/mol. The lowest BCUT2D eigenvalue weighted by atomic mass is 10.2. The van der Waals surface area contributed by atoms with E-state index < -0.39 is 0 Å². The Hall–Kier alpha value is -2.94. The van der Waals surface area contributed by atoms with E-state index in [1.54, 1.807) is 16.7 Å². The minimum absolute atomic E-state index is 0.0866. The van der Waals surface area contributed by atoms with Crippen LogP contribution in [0.5, 0.6) is 0 Å². The third-order valence-electron chi connectivity index (χ3n) is 4.62. The highest BCUT2D eigenvalue weighted by Crippen LogP contribution is 2.27. The van der Waals surface area contributed by atoms with Crippen molar-refractivity contribution in [3.8, 4) is 17.1 Å². The van der Waals surface area contributed by atoms with Crippen LogP contribution in [0.2, 0.25) is 5.02 Å². The maximum atomic E-state index is 13.2. The third kappa shape index (κ3) is 4.01. The Bertz CT molecular complexity index is 1440. The number of nitrogens with zero attached hydrogens (tertiary/aromatic N) is 4. The van der Waals surface area contributed by atoms with Gasteiger partial charge >= 0.3 is 0 Å². The second-order valence-electron chi connectivity index (χ2n) is 6.82. The van der Waals surface area contributed by atoms with Crippen LogP contribution >= 0.6 is 34.7 Å². The van der Waals surface area contributed by atoms with E-state index in [-0.39, 0.29) is 5.56 Å². The Morgan fingerprint density at radius 3 is 2.77 bits per heavy atom. The molecule has 2 aromatic carbocycles. The molecule has 5 rings (SSSR count). The van der Waals surface area contributed by atoms with Gasteiger partial charge in [-0.15, -0.1) is 11.3 Å². The summed E-state index contributed by atoms with van der Waals surface area (Å²) in [5.41, 5.74) is 3.27. The minimum atomic E-state index is -0.0866. The normalized spacial score (nSPS) is 11.3. The zero-order valence-corrected chi connectivity index (χ0v) is 18.7. The summed E-state index contributed by atoms with van der Waals surface area (Å²) in [4.78, 5) is 22.4. The molecule has 0 saturated carbocycles. The van der Waals surface area contributed by atoms with Gasteiger partial charge in [-0.05, 0) is 42.6 Å². The molecule has 0 bridgehead atoms. The van der Waals surface area contributed by atoms with Gasteiger partial charge in [-0.25, -0.2) is 4.98 Å². The molecule has 0 radical (unpaired) electrons. The Morgan fingerprint density at radius 2 is 1.97 bits per heavy atom. The SMILES string of the molecule is Cc1ccc(-n2c(SCc3nc(-c4cccc(Cl)c4)no3)nc3ccsc3c2=O)cc1. The fraction of sp³-hybridized carbons (Fsp3) is 0.0909. The Labute approximate surface area is 190 Å². The molecule has 0 aliphatic heterocycles. The van der Waals surface area contributed by atoms with Gasteiger partial charge in [0.1, 0.15) is 4.70 Å². The second-order valence-corrected chi connectivity index (χ2v) is 9.11. The molecule has 9 heteroatoms. The van der Waals surface area contributed by atoms with Crippen LogP contribution in [0.1, 0.15) is 11.5 Å². The Morgan fingerprint density at radius 1 is 1.13 bits per heavy atom. The van der Waals surface area contributed by atoms with Gasteiger partial charge in [0, 0.05) is 10.6 Å². The largest absolute Gasteiger partial charge is 0.338 e. The number of rotatable bonds is 5. The Balaban J connectivity index is 1.49. The predicted molar refractivity (Wildman–Crippen MR) is 124 cm³/mol. The summed E-state index contributed by atoms with van der Waals surface area (Å²) in [6.45, 7) is 2.01. The highest BCUT2D eigenvalue weighted by atomic mass is 35.5. The number of halogens is 1. The van der Waals surface area contributed by atoms with Crippen LogP contribution in [-0.2, 0) is 5.75 Å². The van der Waals surface area contributed by atoms with E-state index >= 15 is 0 Å². The molecule has 31 heavy (non-hydrogen) atoms. The molecular formula is C22H15ClN4O2S2. The van der Waals surface area contributed by atoms with Crippen molar-refractivity contribution in [2.24, 2.45) is 0 Å². The smallest absolute Gasteiger partial charge is 0.276 e. The van der Waals surface area contributed by atoms with Crippen LogP contribution in [0.3, 0.4) is 0 Å². The highest BCUT2D eigenvalue weighted by molar-refractivity contribution is 7.98. The maximum Gasteiger partial charge on any atom is 0.276 e. The number of aryl methyl sites for hydroxylation is 1. The van der Waals surface area contributed by atoms with E-state index in [9.17, 15) is 4.79 Å². The van der Waals surface area contributed by atoms with Crippen molar-refractivity contribution in [3.05, 3.63) is 86.8 Å². The summed E-state index contributed by atoms with van der Waals surface area (Å²) in [6, 6.07) is 16.9. The van der Waals surface area contributed by atoms with Crippen molar-refractivity contribution < 1.29 is 4.52 Å². The summed E-state index contributed by atoms with van der Waals surface area (Å²) in [6.07, 6.45) is 0. The van der Waals surface area contributed by atoms with Crippen LogP contribution in [0.25, 0.3) is 27.3 Å². The van der Waals surface area contributed by atoms with Gasteiger partial charge in [0.05, 0.1) is 17.0 Å². The lowest BCUT2D eigenvalue weighted by Crippen LogP contribution is -2.20. The number of hydrogen-bond acceptors (Lipinski definition) is 7. The third-order valence-corrected chi connectivity index (χ3v) is 6.67. The molecule has 154 valence electrons. The molecule has 3 aromatic heterocycles. The van der Waals surface area contributed by atoms with Crippen LogP contribution in [-0.4, -0.2) is 19.7 Å². The molecule has 5 aromatic rings. The molecule has 3 heterocycles. The molecule has 0 unspecified atom stereocenters. The molecule has 0 N–H and O–H groups in total. The van der Waals surface area contributed by atoms with E-state index in [1.165, 1.54) is 23.1 Å². The molecule has 0 atom stereocenters. The second kappa shape index (κ2) is 8.30. The fourth-order valence-corrected chi connectivity index (χ4v) is 4.89. The lowest BCUT2D eigenvalue weighted by molar-refractivity contribution is 0.391. The summed E-state index contributed by atoms with van der Waals surface area (Å²) in [5.74, 6) is 1.28. The van der Waals surface area contributed by atoms with Gasteiger partial charge in [0.25, 0.3) is 5.56 Å². The van der Waals surface area contributed by atoms with Crippen LogP contribution in [0, 0.1) is 6.92 Å². The van der Waals surface area contributed by atoms with Crippen molar-refractivity contribution in [2.45, 2.75) is 17.8 Å². The van der Waals surface area contributed by atoms with Gasteiger partial charge in [0.15, 0.2) is 5.16 Å². The van der Waals surface area contributed by atoms with Crippen LogP contribution in [0.4, 0.5) is 0 Å². The van der Waals surface area contributed by atoms with E-state index in [4.69, 9.17) is 21.1 Å². The van der Waals surface area contributed by atoms with Crippen molar-refractivity contribution in [1.82, 2.24) is 19.7 Å². The van der Waals surface area contributed by atoms with Gasteiger partial charge in [-0.1, -0.05) is 58.3 Å². The summed E-state index contributed by atoms with van der Waals surface area (Å²) >= 11 is 8.82. The number of hydrogen-bond donors (Lipinski definition) is 0. The average molecular weight is 467 g/mol. The number of aromatic nitrogens is 4. The molecule has 0 aliphatic carbocycles. The van der Waals surface area contributed by atoms with Crippen LogP contribution < -0.4 is 5.56 Å². The predicted octanol–water partition coefficient (Wildman–Crippen LogP) is 5.75. The molecule has 0 aliphatic rings. The number of benzene rings is 2. The highest BCUT2D eigenvalue weighted by Gasteiger charge is 2.16. The summed E-state index contributed by atoms with van der Waals surface area (Å²) in [5, 5.41) is 7.10. The zero-order valence-electron chi connectivity index (χ0n) is 16.3. The first-order valence-electron chi connectivity index (χ1n) is 9.37. The molecule has 0 saturated heterocycles. The number of fused-ring (bicyclic) bond motifs is 1. The van der Waals surface area contributed by atoms with E-state index in [0.29, 0.717) is 37.9 Å². The van der Waals surface area contributed by atoms with Gasteiger partial charge in [0.2, 0.25) is 11.7 Å². The van der Waals surface area contributed by atoms with Gasteiger partial charge in [-0.3, -0.25) is 9.36 Å². The van der Waals surface area contributed by atoms with Crippen molar-refractivity contribution in [1.29, 1.82) is 0 Å². The first-order valence-corrected chi connectivity index (χ1v) is 11.6. The maximum absolute atomic E-state index is 13.2. The van der Waals surface area contributed by atoms with Gasteiger partial charge in [-0.2, -0.15) is 4.98 Å². The van der Waals surface area contributed by atoms with Crippen molar-refractivity contribution in [3.63, 3.8) is 0 Å². The molecule has 0 amide bonds. The quantitative estimate of drug-likeness (QED) is 0.242. The first kappa shape index (κ1) is 20.0.